The van der Waals surface area contributed by atoms with Crippen LogP contribution in [0, 0.1) is 11.8 Å². The third-order valence-electron chi connectivity index (χ3n) is 1.70. The van der Waals surface area contributed by atoms with Gasteiger partial charge in [0, 0.05) is 12.3 Å². The monoisotopic (exact) mass is 194 g/mol. The van der Waals surface area contributed by atoms with Crippen molar-refractivity contribution < 1.29 is 9.53 Å². The highest BCUT2D eigenvalue weighted by atomic mass is 16.5. The summed E-state index contributed by atoms with van der Waals surface area (Å²) < 4.78 is 4.39. The summed E-state index contributed by atoms with van der Waals surface area (Å²) >= 11 is 0. The molecule has 0 aromatic carbocycles. The lowest BCUT2D eigenvalue weighted by molar-refractivity contribution is -0.133. The molecule has 0 saturated heterocycles. The third kappa shape index (κ3) is 8.86. The standard InChI is InChI=1S/C12H18O2/c1-3-4-5-6-7-8-9-10-11-12(13)14-2/h4-5H,3,6-9H2,1-2H3/b5-4-. The third-order valence-corrected chi connectivity index (χ3v) is 1.70. The average molecular weight is 194 g/mol. The van der Waals surface area contributed by atoms with Crippen LogP contribution in [0.1, 0.15) is 39.0 Å². The van der Waals surface area contributed by atoms with Crippen molar-refractivity contribution in [2.24, 2.45) is 0 Å². The van der Waals surface area contributed by atoms with Crippen LogP contribution in [0.5, 0.6) is 0 Å². The molecule has 78 valence electrons. The van der Waals surface area contributed by atoms with Crippen molar-refractivity contribution in [3.05, 3.63) is 12.2 Å². The van der Waals surface area contributed by atoms with Gasteiger partial charge >= 0.3 is 5.97 Å². The molecule has 0 aromatic rings. The number of unbranched alkanes of at least 4 members (excludes halogenated alkanes) is 3. The van der Waals surface area contributed by atoms with Gasteiger partial charge in [0.05, 0.1) is 7.11 Å². The molecule has 0 aliphatic carbocycles. The van der Waals surface area contributed by atoms with E-state index >= 15 is 0 Å². The molecule has 0 unspecified atom stereocenters. The van der Waals surface area contributed by atoms with E-state index < -0.39 is 5.97 Å². The molecule has 0 aliphatic heterocycles. The van der Waals surface area contributed by atoms with Crippen molar-refractivity contribution >= 4 is 5.97 Å². The molecule has 0 N–H and O–H groups in total. The van der Waals surface area contributed by atoms with Crippen LogP contribution in [0.15, 0.2) is 12.2 Å². The maximum atomic E-state index is 10.6. The van der Waals surface area contributed by atoms with Gasteiger partial charge in [0.25, 0.3) is 0 Å². The van der Waals surface area contributed by atoms with E-state index in [1.165, 1.54) is 7.11 Å². The SMILES string of the molecule is CC/C=C\CCCCC#CC(=O)OC. The van der Waals surface area contributed by atoms with Crippen LogP contribution >= 0.6 is 0 Å². The minimum absolute atomic E-state index is 0.448. The first-order valence-electron chi connectivity index (χ1n) is 5.03. The van der Waals surface area contributed by atoms with Crippen LogP contribution in [0.25, 0.3) is 0 Å². The van der Waals surface area contributed by atoms with Crippen LogP contribution in [0.3, 0.4) is 0 Å². The number of rotatable bonds is 5. The lowest BCUT2D eigenvalue weighted by Gasteiger charge is -1.90. The van der Waals surface area contributed by atoms with Crippen molar-refractivity contribution in [1.29, 1.82) is 0 Å². The van der Waals surface area contributed by atoms with Gasteiger partial charge in [-0.3, -0.25) is 0 Å². The summed E-state index contributed by atoms with van der Waals surface area (Å²) in [5.41, 5.74) is 0. The number of ether oxygens (including phenoxy) is 1. The van der Waals surface area contributed by atoms with E-state index in [2.05, 4.69) is 35.7 Å². The number of methoxy groups -OCH3 is 1. The Balaban J connectivity index is 3.32. The fourth-order valence-corrected chi connectivity index (χ4v) is 0.946. The largest absolute Gasteiger partial charge is 0.459 e. The molecular weight excluding hydrogens is 176 g/mol. The van der Waals surface area contributed by atoms with Crippen LogP contribution < -0.4 is 0 Å². The van der Waals surface area contributed by atoms with Gasteiger partial charge in [-0.05, 0) is 25.7 Å². The fourth-order valence-electron chi connectivity index (χ4n) is 0.946. The second-order valence-corrected chi connectivity index (χ2v) is 2.92. The van der Waals surface area contributed by atoms with Crippen molar-refractivity contribution in [3.63, 3.8) is 0 Å². The number of carbonyl (C=O) groups excluding carboxylic acids is 1. The number of hydrogen-bond donors (Lipinski definition) is 0. The maximum Gasteiger partial charge on any atom is 0.384 e. The number of esters is 1. The minimum atomic E-state index is -0.448. The molecule has 0 saturated carbocycles. The molecule has 2 nitrogen and oxygen atoms in total. The molecule has 0 rings (SSSR count). The van der Waals surface area contributed by atoms with Crippen molar-refractivity contribution in [2.75, 3.05) is 7.11 Å². The topological polar surface area (TPSA) is 26.3 Å². The molecule has 0 bridgehead atoms. The summed E-state index contributed by atoms with van der Waals surface area (Å²) in [6.07, 6.45) is 9.50. The van der Waals surface area contributed by atoms with Gasteiger partial charge in [-0.25, -0.2) is 4.79 Å². The predicted octanol–water partition coefficient (Wildman–Crippen LogP) is 2.69. The normalized spacial score (nSPS) is 9.57. The predicted molar refractivity (Wildman–Crippen MR) is 57.7 cm³/mol. The van der Waals surface area contributed by atoms with Crippen LogP contribution in [0.2, 0.25) is 0 Å². The zero-order valence-electron chi connectivity index (χ0n) is 9.01. The number of carbonyl (C=O) groups is 1. The molecule has 0 heterocycles. The highest BCUT2D eigenvalue weighted by molar-refractivity contribution is 5.88. The first-order valence-corrected chi connectivity index (χ1v) is 5.03. The second-order valence-electron chi connectivity index (χ2n) is 2.92. The van der Waals surface area contributed by atoms with E-state index in [1.807, 2.05) is 0 Å². The molecule has 0 amide bonds. The highest BCUT2D eigenvalue weighted by Gasteiger charge is 1.88. The van der Waals surface area contributed by atoms with Gasteiger partial charge in [0.15, 0.2) is 0 Å². The summed E-state index contributed by atoms with van der Waals surface area (Å²) in [6.45, 7) is 2.12. The number of allylic oxidation sites excluding steroid dienone is 2. The van der Waals surface area contributed by atoms with Gasteiger partial charge in [0.1, 0.15) is 0 Å². The minimum Gasteiger partial charge on any atom is -0.459 e. The van der Waals surface area contributed by atoms with E-state index in [9.17, 15) is 4.79 Å². The Morgan fingerprint density at radius 3 is 2.79 bits per heavy atom. The lowest BCUT2D eigenvalue weighted by atomic mass is 10.2. The smallest absolute Gasteiger partial charge is 0.384 e. The highest BCUT2D eigenvalue weighted by Crippen LogP contribution is 2.00. The quantitative estimate of drug-likeness (QED) is 0.221. The molecule has 0 radical (unpaired) electrons. The molecule has 0 aromatic heterocycles. The van der Waals surface area contributed by atoms with Gasteiger partial charge in [-0.2, -0.15) is 0 Å². The maximum absolute atomic E-state index is 10.6. The van der Waals surface area contributed by atoms with E-state index in [4.69, 9.17) is 0 Å². The van der Waals surface area contributed by atoms with Crippen LogP contribution in [0.4, 0.5) is 0 Å². The summed E-state index contributed by atoms with van der Waals surface area (Å²) in [7, 11) is 1.34. The van der Waals surface area contributed by atoms with Crippen molar-refractivity contribution in [1.82, 2.24) is 0 Å². The molecule has 2 heteroatoms. The second kappa shape index (κ2) is 9.85. The Labute approximate surface area is 86.3 Å². The van der Waals surface area contributed by atoms with Gasteiger partial charge < -0.3 is 4.74 Å². The zero-order chi connectivity index (χ0) is 10.6. The average Bonchev–Trinajstić information content (AvgIpc) is 2.21. The summed E-state index contributed by atoms with van der Waals surface area (Å²) in [4.78, 5) is 10.6. The Morgan fingerprint density at radius 1 is 1.36 bits per heavy atom. The van der Waals surface area contributed by atoms with Crippen LogP contribution in [-0.2, 0) is 9.53 Å². The summed E-state index contributed by atoms with van der Waals surface area (Å²) in [5.74, 6) is 4.74. The van der Waals surface area contributed by atoms with Crippen molar-refractivity contribution in [2.45, 2.75) is 39.0 Å². The molecule has 14 heavy (non-hydrogen) atoms. The molecular formula is C12H18O2. The molecule has 0 atom stereocenters. The van der Waals surface area contributed by atoms with E-state index in [0.717, 1.165) is 32.1 Å². The lowest BCUT2D eigenvalue weighted by Crippen LogP contribution is -1.94. The molecule has 0 aliphatic rings. The molecule has 0 spiro atoms. The van der Waals surface area contributed by atoms with Crippen LogP contribution in [-0.4, -0.2) is 13.1 Å². The Morgan fingerprint density at radius 2 is 2.14 bits per heavy atom. The Bertz CT molecular complexity index is 230. The van der Waals surface area contributed by atoms with E-state index in [1.54, 1.807) is 0 Å². The first kappa shape index (κ1) is 12.8. The summed E-state index contributed by atoms with van der Waals surface area (Å²) in [6, 6.07) is 0. The summed E-state index contributed by atoms with van der Waals surface area (Å²) in [5, 5.41) is 0. The Kier molecular flexibility index (Phi) is 8.99. The van der Waals surface area contributed by atoms with E-state index in [0.29, 0.717) is 0 Å². The Hall–Kier alpha value is -1.23. The van der Waals surface area contributed by atoms with Gasteiger partial charge in [-0.1, -0.05) is 25.0 Å². The fraction of sp³-hybridized carbons (Fsp3) is 0.583. The number of hydrogen-bond acceptors (Lipinski definition) is 2. The van der Waals surface area contributed by atoms with Crippen molar-refractivity contribution in [3.8, 4) is 11.8 Å². The molecule has 0 fully saturated rings. The van der Waals surface area contributed by atoms with E-state index in [-0.39, 0.29) is 0 Å². The van der Waals surface area contributed by atoms with Gasteiger partial charge in [-0.15, -0.1) is 0 Å². The first-order chi connectivity index (χ1) is 6.81. The zero-order valence-corrected chi connectivity index (χ0v) is 9.01. The van der Waals surface area contributed by atoms with Gasteiger partial charge in [0.2, 0.25) is 0 Å².